The summed E-state index contributed by atoms with van der Waals surface area (Å²) in [5, 5.41) is 8.91. The lowest BCUT2D eigenvalue weighted by Gasteiger charge is -2.36. The highest BCUT2D eigenvalue weighted by atomic mass is 16.5. The standard InChI is InChI=1S/C12H22O3/c1-12(2)6-4-5-9(8-12)7-10(15-3)11(13)14/h9-10H,4-8H2,1-3H3,(H,13,14). The van der Waals surface area contributed by atoms with Crippen LogP contribution in [-0.2, 0) is 9.53 Å². The molecule has 0 aliphatic heterocycles. The Kier molecular flexibility index (Phi) is 4.14. The molecule has 3 heteroatoms. The molecule has 1 saturated carbocycles. The van der Waals surface area contributed by atoms with Gasteiger partial charge in [-0.15, -0.1) is 0 Å². The first-order valence-corrected chi connectivity index (χ1v) is 5.70. The molecule has 0 aromatic carbocycles. The Bertz CT molecular complexity index is 223. The van der Waals surface area contributed by atoms with Crippen molar-refractivity contribution >= 4 is 5.97 Å². The van der Waals surface area contributed by atoms with Gasteiger partial charge >= 0.3 is 5.97 Å². The third-order valence-electron chi connectivity index (χ3n) is 3.41. The summed E-state index contributed by atoms with van der Waals surface area (Å²) in [7, 11) is 1.48. The Morgan fingerprint density at radius 2 is 2.27 bits per heavy atom. The van der Waals surface area contributed by atoms with Gasteiger partial charge in [0.05, 0.1) is 0 Å². The molecule has 1 aliphatic rings. The van der Waals surface area contributed by atoms with E-state index in [4.69, 9.17) is 9.84 Å². The van der Waals surface area contributed by atoms with Gasteiger partial charge in [-0.2, -0.15) is 0 Å². The zero-order valence-electron chi connectivity index (χ0n) is 9.95. The van der Waals surface area contributed by atoms with Crippen LogP contribution < -0.4 is 0 Å². The summed E-state index contributed by atoms with van der Waals surface area (Å²) in [5.41, 5.74) is 0.375. The Labute approximate surface area is 91.8 Å². The molecular formula is C12H22O3. The SMILES string of the molecule is COC(CC1CCCC(C)(C)C1)C(=O)O. The number of carboxylic acid groups (broad SMARTS) is 1. The van der Waals surface area contributed by atoms with Crippen molar-refractivity contribution in [2.24, 2.45) is 11.3 Å². The van der Waals surface area contributed by atoms with Gasteiger partial charge < -0.3 is 9.84 Å². The number of ether oxygens (including phenoxy) is 1. The van der Waals surface area contributed by atoms with Crippen molar-refractivity contribution in [3.63, 3.8) is 0 Å². The summed E-state index contributed by atoms with van der Waals surface area (Å²) in [4.78, 5) is 10.8. The van der Waals surface area contributed by atoms with Gasteiger partial charge in [0.25, 0.3) is 0 Å². The van der Waals surface area contributed by atoms with Gasteiger partial charge in [-0.1, -0.05) is 26.7 Å². The summed E-state index contributed by atoms with van der Waals surface area (Å²) in [6.07, 6.45) is 4.79. The van der Waals surface area contributed by atoms with E-state index in [9.17, 15) is 4.79 Å². The minimum atomic E-state index is -0.833. The number of carbonyl (C=O) groups is 1. The van der Waals surface area contributed by atoms with E-state index < -0.39 is 12.1 Å². The fraction of sp³-hybridized carbons (Fsp3) is 0.917. The Hall–Kier alpha value is -0.570. The normalized spacial score (nSPS) is 27.3. The molecular weight excluding hydrogens is 192 g/mol. The van der Waals surface area contributed by atoms with Crippen LogP contribution in [0.25, 0.3) is 0 Å². The molecule has 1 aliphatic carbocycles. The lowest BCUT2D eigenvalue weighted by atomic mass is 9.71. The highest BCUT2D eigenvalue weighted by molar-refractivity contribution is 5.72. The molecule has 1 N–H and O–H groups in total. The lowest BCUT2D eigenvalue weighted by molar-refractivity contribution is -0.149. The van der Waals surface area contributed by atoms with Crippen LogP contribution in [-0.4, -0.2) is 24.3 Å². The second-order valence-electron chi connectivity index (χ2n) is 5.42. The average Bonchev–Trinajstić information content (AvgIpc) is 2.12. The molecule has 2 unspecified atom stereocenters. The van der Waals surface area contributed by atoms with E-state index >= 15 is 0 Å². The maximum Gasteiger partial charge on any atom is 0.332 e. The number of carboxylic acids is 1. The molecule has 3 nitrogen and oxygen atoms in total. The van der Waals surface area contributed by atoms with Crippen molar-refractivity contribution in [2.45, 2.75) is 52.1 Å². The molecule has 15 heavy (non-hydrogen) atoms. The summed E-state index contributed by atoms with van der Waals surface area (Å²) in [6, 6.07) is 0. The van der Waals surface area contributed by atoms with Crippen LogP contribution >= 0.6 is 0 Å². The topological polar surface area (TPSA) is 46.5 Å². The maximum atomic E-state index is 10.8. The minimum absolute atomic E-state index is 0.375. The second-order valence-corrected chi connectivity index (χ2v) is 5.42. The third kappa shape index (κ3) is 3.82. The van der Waals surface area contributed by atoms with E-state index in [1.165, 1.54) is 20.0 Å². The van der Waals surface area contributed by atoms with Crippen molar-refractivity contribution in [1.29, 1.82) is 0 Å². The van der Waals surface area contributed by atoms with Crippen LogP contribution in [0.15, 0.2) is 0 Å². The summed E-state index contributed by atoms with van der Waals surface area (Å²) in [6.45, 7) is 4.53. The number of rotatable bonds is 4. The van der Waals surface area contributed by atoms with Gasteiger partial charge in [0.1, 0.15) is 0 Å². The van der Waals surface area contributed by atoms with Gasteiger partial charge in [0.2, 0.25) is 0 Å². The van der Waals surface area contributed by atoms with Gasteiger partial charge in [-0.3, -0.25) is 0 Å². The summed E-state index contributed by atoms with van der Waals surface area (Å²) < 4.78 is 4.98. The van der Waals surface area contributed by atoms with Crippen LogP contribution in [0.3, 0.4) is 0 Å². The average molecular weight is 214 g/mol. The van der Waals surface area contributed by atoms with E-state index in [-0.39, 0.29) is 0 Å². The van der Waals surface area contributed by atoms with E-state index in [1.54, 1.807) is 0 Å². The van der Waals surface area contributed by atoms with Crippen molar-refractivity contribution in [3.05, 3.63) is 0 Å². The largest absolute Gasteiger partial charge is 0.479 e. The third-order valence-corrected chi connectivity index (χ3v) is 3.41. The fourth-order valence-electron chi connectivity index (χ4n) is 2.66. The molecule has 0 heterocycles. The first-order chi connectivity index (χ1) is 6.94. The Morgan fingerprint density at radius 1 is 1.60 bits per heavy atom. The highest BCUT2D eigenvalue weighted by Gasteiger charge is 2.31. The van der Waals surface area contributed by atoms with Crippen LogP contribution in [0, 0.1) is 11.3 Å². The number of methoxy groups -OCH3 is 1. The van der Waals surface area contributed by atoms with Gasteiger partial charge in [-0.25, -0.2) is 4.79 Å². The zero-order chi connectivity index (χ0) is 11.5. The lowest BCUT2D eigenvalue weighted by Crippen LogP contribution is -2.30. The quantitative estimate of drug-likeness (QED) is 0.782. The summed E-state index contributed by atoms with van der Waals surface area (Å²) >= 11 is 0. The van der Waals surface area contributed by atoms with Crippen molar-refractivity contribution in [3.8, 4) is 0 Å². The van der Waals surface area contributed by atoms with Gasteiger partial charge in [-0.05, 0) is 30.6 Å². The number of hydrogen-bond acceptors (Lipinski definition) is 2. The minimum Gasteiger partial charge on any atom is -0.479 e. The van der Waals surface area contributed by atoms with E-state index in [0.717, 1.165) is 12.8 Å². The smallest absolute Gasteiger partial charge is 0.332 e. The van der Waals surface area contributed by atoms with E-state index in [0.29, 0.717) is 17.8 Å². The molecule has 1 rings (SSSR count). The second kappa shape index (κ2) is 4.97. The Morgan fingerprint density at radius 3 is 2.73 bits per heavy atom. The number of hydrogen-bond donors (Lipinski definition) is 1. The van der Waals surface area contributed by atoms with Crippen LogP contribution in [0.2, 0.25) is 0 Å². The van der Waals surface area contributed by atoms with Gasteiger partial charge in [0.15, 0.2) is 6.10 Å². The van der Waals surface area contributed by atoms with Crippen molar-refractivity contribution in [1.82, 2.24) is 0 Å². The molecule has 0 spiro atoms. The maximum absolute atomic E-state index is 10.8. The predicted octanol–water partition coefficient (Wildman–Crippen LogP) is 2.69. The molecule has 0 radical (unpaired) electrons. The zero-order valence-corrected chi connectivity index (χ0v) is 9.95. The van der Waals surface area contributed by atoms with Crippen LogP contribution in [0.4, 0.5) is 0 Å². The molecule has 1 fully saturated rings. The van der Waals surface area contributed by atoms with Crippen LogP contribution in [0.1, 0.15) is 46.0 Å². The first kappa shape index (κ1) is 12.5. The monoisotopic (exact) mass is 214 g/mol. The van der Waals surface area contributed by atoms with E-state index in [2.05, 4.69) is 13.8 Å². The number of aliphatic carboxylic acids is 1. The van der Waals surface area contributed by atoms with Crippen molar-refractivity contribution in [2.75, 3.05) is 7.11 Å². The molecule has 0 amide bonds. The molecule has 0 saturated heterocycles. The van der Waals surface area contributed by atoms with Gasteiger partial charge in [0, 0.05) is 7.11 Å². The summed E-state index contributed by atoms with van der Waals surface area (Å²) in [5.74, 6) is -0.323. The fourth-order valence-corrected chi connectivity index (χ4v) is 2.66. The predicted molar refractivity (Wildman–Crippen MR) is 58.8 cm³/mol. The molecule has 88 valence electrons. The molecule has 2 atom stereocenters. The molecule has 0 aromatic rings. The first-order valence-electron chi connectivity index (χ1n) is 5.70. The highest BCUT2D eigenvalue weighted by Crippen LogP contribution is 2.40. The molecule has 0 bridgehead atoms. The Balaban J connectivity index is 2.47. The molecule has 0 aromatic heterocycles. The van der Waals surface area contributed by atoms with Crippen molar-refractivity contribution < 1.29 is 14.6 Å². The van der Waals surface area contributed by atoms with E-state index in [1.807, 2.05) is 0 Å². The van der Waals surface area contributed by atoms with Crippen LogP contribution in [0.5, 0.6) is 0 Å².